The maximum Gasteiger partial charge on any atom is 0.229 e. The lowest BCUT2D eigenvalue weighted by Crippen LogP contribution is -2.39. The highest BCUT2D eigenvalue weighted by molar-refractivity contribution is 7.91. The van der Waals surface area contributed by atoms with Gasteiger partial charge in [0.25, 0.3) is 0 Å². The monoisotopic (exact) mass is 287 g/mol. The molecule has 106 valence electrons. The molecule has 1 aromatic rings. The number of rotatable bonds is 3. The molecule has 2 unspecified atom stereocenters. The van der Waals surface area contributed by atoms with Crippen molar-refractivity contribution in [3.8, 4) is 0 Å². The standard InChI is InChI=1S/C11H17N3O4S/c15-19(16)4-1-8(7-19)11-13-10(18-14-11)5-9-6-12-2-3-17-9/h8-9,12H,1-7H2. The maximum absolute atomic E-state index is 11.4. The van der Waals surface area contributed by atoms with E-state index in [4.69, 9.17) is 9.26 Å². The van der Waals surface area contributed by atoms with E-state index in [0.717, 1.165) is 13.1 Å². The zero-order valence-corrected chi connectivity index (χ0v) is 11.4. The van der Waals surface area contributed by atoms with E-state index in [-0.39, 0.29) is 23.5 Å². The predicted octanol–water partition coefficient (Wildman–Crippen LogP) is -0.497. The molecule has 3 heterocycles. The molecule has 0 radical (unpaired) electrons. The van der Waals surface area contributed by atoms with E-state index in [1.165, 1.54) is 0 Å². The van der Waals surface area contributed by atoms with Crippen LogP contribution in [0.1, 0.15) is 24.1 Å². The second-order valence-electron chi connectivity index (χ2n) is 5.05. The quantitative estimate of drug-likeness (QED) is 0.801. The summed E-state index contributed by atoms with van der Waals surface area (Å²) in [5.74, 6) is 1.27. The highest BCUT2D eigenvalue weighted by Crippen LogP contribution is 2.26. The Balaban J connectivity index is 1.63. The van der Waals surface area contributed by atoms with E-state index >= 15 is 0 Å². The Bertz CT molecular complexity index is 536. The summed E-state index contributed by atoms with van der Waals surface area (Å²) < 4.78 is 33.6. The first kappa shape index (κ1) is 13.0. The van der Waals surface area contributed by atoms with Gasteiger partial charge in [-0.1, -0.05) is 5.16 Å². The molecule has 0 bridgehead atoms. The van der Waals surface area contributed by atoms with Crippen LogP contribution in [0.3, 0.4) is 0 Å². The zero-order chi connectivity index (χ0) is 13.3. The molecule has 8 heteroatoms. The van der Waals surface area contributed by atoms with E-state index in [1.54, 1.807) is 0 Å². The molecule has 2 fully saturated rings. The van der Waals surface area contributed by atoms with Crippen LogP contribution in [0.4, 0.5) is 0 Å². The first-order valence-corrected chi connectivity index (χ1v) is 8.30. The summed E-state index contributed by atoms with van der Waals surface area (Å²) >= 11 is 0. The number of morpholine rings is 1. The third kappa shape index (κ3) is 3.13. The van der Waals surface area contributed by atoms with Gasteiger partial charge in [-0.05, 0) is 6.42 Å². The number of sulfone groups is 1. The molecule has 1 aromatic heterocycles. The van der Waals surface area contributed by atoms with Gasteiger partial charge in [0.15, 0.2) is 15.7 Å². The molecule has 2 aliphatic heterocycles. The highest BCUT2D eigenvalue weighted by atomic mass is 32.2. The number of aromatic nitrogens is 2. The van der Waals surface area contributed by atoms with Crippen molar-refractivity contribution in [3.05, 3.63) is 11.7 Å². The van der Waals surface area contributed by atoms with Crippen molar-refractivity contribution in [3.63, 3.8) is 0 Å². The Morgan fingerprint density at radius 1 is 1.42 bits per heavy atom. The van der Waals surface area contributed by atoms with Crippen molar-refractivity contribution in [2.24, 2.45) is 0 Å². The van der Waals surface area contributed by atoms with E-state index in [1.807, 2.05) is 0 Å². The van der Waals surface area contributed by atoms with E-state index in [2.05, 4.69) is 15.5 Å². The number of nitrogens with one attached hydrogen (secondary N) is 1. The van der Waals surface area contributed by atoms with Crippen LogP contribution >= 0.6 is 0 Å². The van der Waals surface area contributed by atoms with Gasteiger partial charge in [-0.25, -0.2) is 8.42 Å². The van der Waals surface area contributed by atoms with Crippen molar-refractivity contribution in [2.75, 3.05) is 31.2 Å². The SMILES string of the molecule is O=S1(=O)CCC(c2noc(CC3CNCCO3)n2)C1. The molecule has 0 saturated carbocycles. The van der Waals surface area contributed by atoms with Crippen molar-refractivity contribution < 1.29 is 17.7 Å². The Morgan fingerprint density at radius 3 is 3.00 bits per heavy atom. The predicted molar refractivity (Wildman–Crippen MR) is 66.6 cm³/mol. The third-order valence-electron chi connectivity index (χ3n) is 3.49. The number of ether oxygens (including phenoxy) is 1. The van der Waals surface area contributed by atoms with Gasteiger partial charge in [0.2, 0.25) is 5.89 Å². The fourth-order valence-corrected chi connectivity index (χ4v) is 4.20. The van der Waals surface area contributed by atoms with Gasteiger partial charge in [-0.15, -0.1) is 0 Å². The molecular formula is C11H17N3O4S. The van der Waals surface area contributed by atoms with Crippen LogP contribution in [0, 0.1) is 0 Å². The van der Waals surface area contributed by atoms with Crippen molar-refractivity contribution >= 4 is 9.84 Å². The van der Waals surface area contributed by atoms with Gasteiger partial charge in [0.05, 0.1) is 30.6 Å². The van der Waals surface area contributed by atoms with Crippen LogP contribution in [-0.4, -0.2) is 55.9 Å². The van der Waals surface area contributed by atoms with Crippen LogP contribution in [-0.2, 0) is 21.0 Å². The summed E-state index contributed by atoms with van der Waals surface area (Å²) in [5.41, 5.74) is 0. The third-order valence-corrected chi connectivity index (χ3v) is 5.26. The molecular weight excluding hydrogens is 270 g/mol. The van der Waals surface area contributed by atoms with Crippen LogP contribution in [0.2, 0.25) is 0 Å². The smallest absolute Gasteiger partial charge is 0.229 e. The van der Waals surface area contributed by atoms with Gasteiger partial charge < -0.3 is 14.6 Å². The molecule has 2 saturated heterocycles. The van der Waals surface area contributed by atoms with Crippen molar-refractivity contribution in [1.29, 1.82) is 0 Å². The second-order valence-corrected chi connectivity index (χ2v) is 7.28. The molecule has 0 spiro atoms. The van der Waals surface area contributed by atoms with Crippen LogP contribution < -0.4 is 5.32 Å². The van der Waals surface area contributed by atoms with E-state index in [9.17, 15) is 8.42 Å². The highest BCUT2D eigenvalue weighted by Gasteiger charge is 2.32. The average molecular weight is 287 g/mol. The molecule has 19 heavy (non-hydrogen) atoms. The topological polar surface area (TPSA) is 94.3 Å². The molecule has 3 rings (SSSR count). The molecule has 7 nitrogen and oxygen atoms in total. The van der Waals surface area contributed by atoms with Gasteiger partial charge in [-0.3, -0.25) is 0 Å². The lowest BCUT2D eigenvalue weighted by molar-refractivity contribution is 0.0246. The molecule has 0 aromatic carbocycles. The summed E-state index contributed by atoms with van der Waals surface area (Å²) in [5, 5.41) is 7.14. The number of hydrogen-bond donors (Lipinski definition) is 1. The lowest BCUT2D eigenvalue weighted by atomic mass is 10.1. The Hall–Kier alpha value is -0.990. The van der Waals surface area contributed by atoms with Gasteiger partial charge in [0.1, 0.15) is 0 Å². The first-order valence-electron chi connectivity index (χ1n) is 6.47. The minimum absolute atomic E-state index is 0.0503. The number of nitrogens with zero attached hydrogens (tertiary/aromatic N) is 2. The maximum atomic E-state index is 11.4. The summed E-state index contributed by atoms with van der Waals surface area (Å²) in [6, 6.07) is 0. The molecule has 2 aliphatic rings. The fourth-order valence-electron chi connectivity index (χ4n) is 2.46. The van der Waals surface area contributed by atoms with Crippen molar-refractivity contribution in [1.82, 2.24) is 15.5 Å². The Labute approximate surface area is 111 Å². The minimum atomic E-state index is -2.92. The zero-order valence-electron chi connectivity index (χ0n) is 10.5. The van der Waals surface area contributed by atoms with Crippen LogP contribution in [0.15, 0.2) is 4.52 Å². The largest absolute Gasteiger partial charge is 0.375 e. The summed E-state index contributed by atoms with van der Waals surface area (Å²) in [4.78, 5) is 4.30. The van der Waals surface area contributed by atoms with Crippen LogP contribution in [0.5, 0.6) is 0 Å². The fraction of sp³-hybridized carbons (Fsp3) is 0.818. The van der Waals surface area contributed by atoms with Gasteiger partial charge in [0, 0.05) is 19.0 Å². The minimum Gasteiger partial charge on any atom is -0.375 e. The Kier molecular flexibility index (Phi) is 3.55. The number of hydrogen-bond acceptors (Lipinski definition) is 7. The van der Waals surface area contributed by atoms with E-state index in [0.29, 0.717) is 31.2 Å². The summed E-state index contributed by atoms with van der Waals surface area (Å²) in [7, 11) is -2.92. The molecule has 1 N–H and O–H groups in total. The lowest BCUT2D eigenvalue weighted by Gasteiger charge is -2.21. The molecule has 0 aliphatic carbocycles. The summed E-state index contributed by atoms with van der Waals surface area (Å²) in [6.45, 7) is 2.33. The Morgan fingerprint density at radius 2 is 2.32 bits per heavy atom. The first-order chi connectivity index (χ1) is 9.12. The normalized spacial score (nSPS) is 30.5. The van der Waals surface area contributed by atoms with Crippen molar-refractivity contribution in [2.45, 2.75) is 24.9 Å². The van der Waals surface area contributed by atoms with Gasteiger partial charge in [-0.2, -0.15) is 4.98 Å². The molecule has 2 atom stereocenters. The van der Waals surface area contributed by atoms with E-state index < -0.39 is 9.84 Å². The molecule has 0 amide bonds. The average Bonchev–Trinajstić information content (AvgIpc) is 2.97. The summed E-state index contributed by atoms with van der Waals surface area (Å²) in [6.07, 6.45) is 1.21. The second kappa shape index (κ2) is 5.18. The van der Waals surface area contributed by atoms with Crippen LogP contribution in [0.25, 0.3) is 0 Å². The van der Waals surface area contributed by atoms with Gasteiger partial charge >= 0.3 is 0 Å².